The summed E-state index contributed by atoms with van der Waals surface area (Å²) in [6.45, 7) is 0.242. The Labute approximate surface area is 136 Å². The first-order chi connectivity index (χ1) is 10.6. The van der Waals surface area contributed by atoms with E-state index in [0.29, 0.717) is 5.69 Å². The third-order valence-corrected chi connectivity index (χ3v) is 3.85. The third-order valence-electron chi connectivity index (χ3n) is 3.27. The summed E-state index contributed by atoms with van der Waals surface area (Å²) in [6.07, 6.45) is -0.482. The summed E-state index contributed by atoms with van der Waals surface area (Å²) in [7, 11) is 1.85. The van der Waals surface area contributed by atoms with Gasteiger partial charge in [-0.3, -0.25) is 10.00 Å². The SMILES string of the molecule is Cn1nc(Br)c2ccc(NC(=O)OCc3ccccc3)cc21. The van der Waals surface area contributed by atoms with E-state index < -0.39 is 6.09 Å². The number of fused-ring (bicyclic) bond motifs is 1. The fourth-order valence-electron chi connectivity index (χ4n) is 2.17. The Morgan fingerprint density at radius 2 is 2.05 bits per heavy atom. The molecule has 0 aliphatic rings. The van der Waals surface area contributed by atoms with Crippen molar-refractivity contribution in [3.8, 4) is 0 Å². The predicted molar refractivity (Wildman–Crippen MR) is 88.7 cm³/mol. The van der Waals surface area contributed by atoms with E-state index in [1.807, 2.05) is 55.6 Å². The summed E-state index contributed by atoms with van der Waals surface area (Å²) in [5.74, 6) is 0. The minimum Gasteiger partial charge on any atom is -0.444 e. The zero-order chi connectivity index (χ0) is 15.5. The number of ether oxygens (including phenoxy) is 1. The second-order valence-electron chi connectivity index (χ2n) is 4.83. The van der Waals surface area contributed by atoms with Gasteiger partial charge in [-0.25, -0.2) is 4.79 Å². The number of benzene rings is 2. The van der Waals surface area contributed by atoms with Crippen LogP contribution in [0.4, 0.5) is 10.5 Å². The van der Waals surface area contributed by atoms with E-state index in [4.69, 9.17) is 4.74 Å². The van der Waals surface area contributed by atoms with Crippen molar-refractivity contribution in [3.63, 3.8) is 0 Å². The van der Waals surface area contributed by atoms with Gasteiger partial charge in [-0.15, -0.1) is 0 Å². The van der Waals surface area contributed by atoms with Crippen LogP contribution >= 0.6 is 15.9 Å². The van der Waals surface area contributed by atoms with Crippen LogP contribution in [-0.4, -0.2) is 15.9 Å². The molecule has 0 radical (unpaired) electrons. The first-order valence-corrected chi connectivity index (χ1v) is 7.53. The number of nitrogens with zero attached hydrogens (tertiary/aromatic N) is 2. The van der Waals surface area contributed by atoms with Gasteiger partial charge >= 0.3 is 6.09 Å². The summed E-state index contributed by atoms with van der Waals surface area (Å²) >= 11 is 3.40. The second kappa shape index (κ2) is 6.19. The standard InChI is InChI=1S/C16H14BrN3O2/c1-20-14-9-12(7-8-13(14)15(17)19-20)18-16(21)22-10-11-5-3-2-4-6-11/h2-9H,10H2,1H3,(H,18,21). The highest BCUT2D eigenvalue weighted by Gasteiger charge is 2.09. The number of rotatable bonds is 3. The van der Waals surface area contributed by atoms with Gasteiger partial charge in [-0.2, -0.15) is 5.10 Å². The number of aromatic nitrogens is 2. The molecule has 0 atom stereocenters. The molecule has 5 nitrogen and oxygen atoms in total. The van der Waals surface area contributed by atoms with Crippen LogP contribution in [0.3, 0.4) is 0 Å². The second-order valence-corrected chi connectivity index (χ2v) is 5.58. The molecule has 0 saturated heterocycles. The van der Waals surface area contributed by atoms with E-state index in [0.717, 1.165) is 21.1 Å². The lowest BCUT2D eigenvalue weighted by Crippen LogP contribution is -2.13. The third kappa shape index (κ3) is 3.12. The summed E-state index contributed by atoms with van der Waals surface area (Å²) in [4.78, 5) is 11.8. The van der Waals surface area contributed by atoms with Gasteiger partial charge in [-0.1, -0.05) is 30.3 Å². The van der Waals surface area contributed by atoms with Crippen molar-refractivity contribution in [3.05, 3.63) is 58.7 Å². The van der Waals surface area contributed by atoms with E-state index in [9.17, 15) is 4.79 Å². The predicted octanol–water partition coefficient (Wildman–Crippen LogP) is 4.08. The van der Waals surface area contributed by atoms with Crippen LogP contribution in [0.1, 0.15) is 5.56 Å². The Bertz CT molecular complexity index is 815. The van der Waals surface area contributed by atoms with Crippen molar-refractivity contribution in [1.29, 1.82) is 0 Å². The Kier molecular flexibility index (Phi) is 4.11. The molecule has 0 bridgehead atoms. The van der Waals surface area contributed by atoms with Crippen molar-refractivity contribution in [2.75, 3.05) is 5.32 Å². The van der Waals surface area contributed by atoms with Gasteiger partial charge < -0.3 is 4.74 Å². The van der Waals surface area contributed by atoms with Crippen LogP contribution in [0.15, 0.2) is 53.1 Å². The first-order valence-electron chi connectivity index (χ1n) is 6.73. The van der Waals surface area contributed by atoms with Gasteiger partial charge in [0.2, 0.25) is 0 Å². The van der Waals surface area contributed by atoms with Crippen molar-refractivity contribution >= 4 is 38.6 Å². The summed E-state index contributed by atoms with van der Waals surface area (Å²) in [5.41, 5.74) is 2.54. The first kappa shape index (κ1) is 14.6. The molecule has 0 aliphatic carbocycles. The fourth-order valence-corrected chi connectivity index (χ4v) is 2.74. The van der Waals surface area contributed by atoms with Crippen LogP contribution < -0.4 is 5.32 Å². The molecular formula is C16H14BrN3O2. The zero-order valence-electron chi connectivity index (χ0n) is 11.9. The fraction of sp³-hybridized carbons (Fsp3) is 0.125. The van der Waals surface area contributed by atoms with Gasteiger partial charge in [0, 0.05) is 18.1 Å². The van der Waals surface area contributed by atoms with Gasteiger partial charge in [0.25, 0.3) is 0 Å². The Morgan fingerprint density at radius 1 is 1.27 bits per heavy atom. The zero-order valence-corrected chi connectivity index (χ0v) is 13.5. The quantitative estimate of drug-likeness (QED) is 0.766. The maximum atomic E-state index is 11.8. The van der Waals surface area contributed by atoms with Crippen molar-refractivity contribution < 1.29 is 9.53 Å². The molecule has 0 aliphatic heterocycles. The largest absolute Gasteiger partial charge is 0.444 e. The maximum absolute atomic E-state index is 11.8. The summed E-state index contributed by atoms with van der Waals surface area (Å²) < 4.78 is 7.73. The molecule has 1 amide bonds. The molecule has 112 valence electrons. The summed E-state index contributed by atoms with van der Waals surface area (Å²) in [5, 5.41) is 7.99. The highest BCUT2D eigenvalue weighted by Crippen LogP contribution is 2.25. The molecule has 0 fully saturated rings. The normalized spacial score (nSPS) is 10.6. The van der Waals surface area contributed by atoms with Gasteiger partial charge in [-0.05, 0) is 39.7 Å². The Hall–Kier alpha value is -2.34. The monoisotopic (exact) mass is 359 g/mol. The molecule has 2 aromatic carbocycles. The van der Waals surface area contributed by atoms with Crippen molar-refractivity contribution in [2.24, 2.45) is 7.05 Å². The highest BCUT2D eigenvalue weighted by atomic mass is 79.9. The molecule has 22 heavy (non-hydrogen) atoms. The Morgan fingerprint density at radius 3 is 2.82 bits per heavy atom. The molecule has 0 unspecified atom stereocenters. The molecule has 1 N–H and O–H groups in total. The smallest absolute Gasteiger partial charge is 0.411 e. The maximum Gasteiger partial charge on any atom is 0.411 e. The lowest BCUT2D eigenvalue weighted by molar-refractivity contribution is 0.155. The molecule has 0 spiro atoms. The van der Waals surface area contributed by atoms with Gasteiger partial charge in [0.05, 0.1) is 5.52 Å². The van der Waals surface area contributed by atoms with E-state index in [2.05, 4.69) is 26.3 Å². The number of aryl methyl sites for hydroxylation is 1. The van der Waals surface area contributed by atoms with E-state index >= 15 is 0 Å². The molecule has 3 aromatic rings. The molecule has 1 heterocycles. The number of hydrogen-bond acceptors (Lipinski definition) is 3. The number of amides is 1. The summed E-state index contributed by atoms with van der Waals surface area (Å²) in [6, 6.07) is 15.1. The van der Waals surface area contributed by atoms with Crippen LogP contribution in [0.25, 0.3) is 10.9 Å². The molecule has 3 rings (SSSR count). The Balaban J connectivity index is 1.67. The van der Waals surface area contributed by atoms with E-state index in [-0.39, 0.29) is 6.61 Å². The molecule has 0 saturated carbocycles. The minimum atomic E-state index is -0.482. The number of anilines is 1. The minimum absolute atomic E-state index is 0.242. The van der Waals surface area contributed by atoms with Gasteiger partial charge in [0.15, 0.2) is 0 Å². The van der Waals surface area contributed by atoms with Crippen molar-refractivity contribution in [1.82, 2.24) is 9.78 Å². The van der Waals surface area contributed by atoms with Crippen LogP contribution in [0.2, 0.25) is 0 Å². The molecule has 6 heteroatoms. The highest BCUT2D eigenvalue weighted by molar-refractivity contribution is 9.10. The number of hydrogen-bond donors (Lipinski definition) is 1. The van der Waals surface area contributed by atoms with Crippen molar-refractivity contribution in [2.45, 2.75) is 6.61 Å². The van der Waals surface area contributed by atoms with Crippen LogP contribution in [0.5, 0.6) is 0 Å². The number of carbonyl (C=O) groups is 1. The average Bonchev–Trinajstić information content (AvgIpc) is 2.81. The van der Waals surface area contributed by atoms with Gasteiger partial charge in [0.1, 0.15) is 11.2 Å². The van der Waals surface area contributed by atoms with E-state index in [1.165, 1.54) is 0 Å². The van der Waals surface area contributed by atoms with E-state index in [1.54, 1.807) is 4.68 Å². The van der Waals surface area contributed by atoms with Crippen LogP contribution in [-0.2, 0) is 18.4 Å². The number of carbonyl (C=O) groups excluding carboxylic acids is 1. The lowest BCUT2D eigenvalue weighted by atomic mass is 10.2. The molecule has 1 aromatic heterocycles. The topological polar surface area (TPSA) is 56.2 Å². The number of nitrogens with one attached hydrogen (secondary N) is 1. The lowest BCUT2D eigenvalue weighted by Gasteiger charge is -2.07. The number of halogens is 1. The average molecular weight is 360 g/mol. The molecular weight excluding hydrogens is 346 g/mol. The van der Waals surface area contributed by atoms with Crippen LogP contribution in [0, 0.1) is 0 Å².